The second-order valence-electron chi connectivity index (χ2n) is 6.50. The molecule has 0 bridgehead atoms. The monoisotopic (exact) mass is 443 g/mol. The molecule has 2 amide bonds. The predicted molar refractivity (Wildman–Crippen MR) is 117 cm³/mol. The molecule has 2 N–H and O–H groups in total. The van der Waals surface area contributed by atoms with Crippen molar-refractivity contribution in [1.82, 2.24) is 20.3 Å². The summed E-state index contributed by atoms with van der Waals surface area (Å²) in [7, 11) is 0. The van der Waals surface area contributed by atoms with Gasteiger partial charge in [0.2, 0.25) is 0 Å². The number of rotatable bonds is 5. The van der Waals surface area contributed by atoms with Crippen LogP contribution in [0.15, 0.2) is 53.9 Å². The third-order valence-electron chi connectivity index (χ3n) is 4.37. The Morgan fingerprint density at radius 3 is 2.67 bits per heavy atom. The summed E-state index contributed by atoms with van der Waals surface area (Å²) < 4.78 is 1.96. The number of hydrogen-bond donors (Lipinski definition) is 2. The molecule has 154 valence electrons. The van der Waals surface area contributed by atoms with E-state index in [9.17, 15) is 9.59 Å². The van der Waals surface area contributed by atoms with Gasteiger partial charge in [-0.3, -0.25) is 14.6 Å². The minimum absolute atomic E-state index is 0.201. The van der Waals surface area contributed by atoms with Crippen LogP contribution in [0.1, 0.15) is 22.5 Å². The SMILES string of the molecule is Cc1cc(C=NNC(=O)C(=O)NCc2cccnc2)c(C)n1-c1ccc(Cl)cc1Cl. The number of nitrogens with one attached hydrogen (secondary N) is 2. The number of nitrogens with zero attached hydrogens (tertiary/aromatic N) is 3. The number of carbonyl (C=O) groups is 2. The zero-order valence-electron chi connectivity index (χ0n) is 16.3. The van der Waals surface area contributed by atoms with E-state index < -0.39 is 11.8 Å². The van der Waals surface area contributed by atoms with E-state index >= 15 is 0 Å². The van der Waals surface area contributed by atoms with Gasteiger partial charge in [-0.25, -0.2) is 5.43 Å². The van der Waals surface area contributed by atoms with Crippen molar-refractivity contribution in [3.05, 3.63) is 81.4 Å². The average Bonchev–Trinajstić information content (AvgIpc) is 3.00. The van der Waals surface area contributed by atoms with Gasteiger partial charge in [-0.1, -0.05) is 29.3 Å². The Bertz CT molecular complexity index is 1110. The maximum Gasteiger partial charge on any atom is 0.329 e. The van der Waals surface area contributed by atoms with Gasteiger partial charge in [0.1, 0.15) is 0 Å². The fraction of sp³-hybridized carbons (Fsp3) is 0.143. The summed E-state index contributed by atoms with van der Waals surface area (Å²) in [5.41, 5.74) is 6.38. The summed E-state index contributed by atoms with van der Waals surface area (Å²) >= 11 is 12.3. The molecule has 7 nitrogen and oxygen atoms in total. The Morgan fingerprint density at radius 1 is 1.17 bits per heavy atom. The number of aromatic nitrogens is 2. The van der Waals surface area contributed by atoms with Crippen LogP contribution in [-0.4, -0.2) is 27.6 Å². The van der Waals surface area contributed by atoms with Crippen molar-refractivity contribution in [3.8, 4) is 5.69 Å². The van der Waals surface area contributed by atoms with E-state index in [0.717, 1.165) is 28.2 Å². The lowest BCUT2D eigenvalue weighted by atomic mass is 10.2. The normalized spacial score (nSPS) is 10.9. The van der Waals surface area contributed by atoms with Crippen LogP contribution in [-0.2, 0) is 16.1 Å². The van der Waals surface area contributed by atoms with Gasteiger partial charge in [-0.15, -0.1) is 0 Å². The molecule has 0 unspecified atom stereocenters. The molecular weight excluding hydrogens is 425 g/mol. The molecular formula is C21H19Cl2N5O2. The zero-order valence-corrected chi connectivity index (χ0v) is 17.8. The van der Waals surface area contributed by atoms with Crippen LogP contribution in [0.2, 0.25) is 10.0 Å². The number of pyridine rings is 1. The lowest BCUT2D eigenvalue weighted by molar-refractivity contribution is -0.139. The quantitative estimate of drug-likeness (QED) is 0.358. The minimum Gasteiger partial charge on any atom is -0.344 e. The highest BCUT2D eigenvalue weighted by Crippen LogP contribution is 2.28. The molecule has 0 aliphatic carbocycles. The number of benzene rings is 1. The van der Waals surface area contributed by atoms with Gasteiger partial charge in [-0.05, 0) is 49.7 Å². The van der Waals surface area contributed by atoms with Gasteiger partial charge in [0.15, 0.2) is 0 Å². The van der Waals surface area contributed by atoms with Gasteiger partial charge in [0, 0.05) is 40.9 Å². The van der Waals surface area contributed by atoms with Crippen LogP contribution in [0.3, 0.4) is 0 Å². The van der Waals surface area contributed by atoms with E-state index in [4.69, 9.17) is 23.2 Å². The first-order valence-corrected chi connectivity index (χ1v) is 9.77. The van der Waals surface area contributed by atoms with Gasteiger partial charge in [-0.2, -0.15) is 5.10 Å². The lowest BCUT2D eigenvalue weighted by Gasteiger charge is -2.11. The third kappa shape index (κ3) is 5.06. The largest absolute Gasteiger partial charge is 0.344 e. The molecule has 0 radical (unpaired) electrons. The smallest absolute Gasteiger partial charge is 0.329 e. The van der Waals surface area contributed by atoms with Crippen LogP contribution >= 0.6 is 23.2 Å². The molecule has 3 aromatic rings. The van der Waals surface area contributed by atoms with Crippen molar-refractivity contribution in [2.45, 2.75) is 20.4 Å². The van der Waals surface area contributed by atoms with Crippen molar-refractivity contribution in [2.75, 3.05) is 0 Å². The Labute approximate surface area is 183 Å². The standard InChI is InChI=1S/C21H19Cl2N5O2/c1-13-8-16(14(2)28(13)19-6-5-17(22)9-18(19)23)12-26-27-21(30)20(29)25-11-15-4-3-7-24-10-15/h3-10,12H,11H2,1-2H3,(H,25,29)(H,27,30). The Balaban J connectivity index is 1.65. The molecule has 0 spiro atoms. The minimum atomic E-state index is -0.857. The summed E-state index contributed by atoms with van der Waals surface area (Å²) in [6.45, 7) is 4.04. The highest BCUT2D eigenvalue weighted by Gasteiger charge is 2.14. The van der Waals surface area contributed by atoms with Gasteiger partial charge in [0.25, 0.3) is 0 Å². The molecule has 0 aliphatic rings. The molecule has 0 saturated carbocycles. The first-order chi connectivity index (χ1) is 14.4. The van der Waals surface area contributed by atoms with E-state index in [2.05, 4.69) is 20.8 Å². The Morgan fingerprint density at radius 2 is 1.97 bits per heavy atom. The van der Waals surface area contributed by atoms with Crippen molar-refractivity contribution in [3.63, 3.8) is 0 Å². The van der Waals surface area contributed by atoms with Crippen molar-refractivity contribution in [1.29, 1.82) is 0 Å². The molecule has 2 aromatic heterocycles. The maximum atomic E-state index is 11.9. The summed E-state index contributed by atoms with van der Waals surface area (Å²) in [6, 6.07) is 10.7. The molecule has 3 rings (SSSR count). The Hall–Kier alpha value is -3.16. The van der Waals surface area contributed by atoms with E-state index in [-0.39, 0.29) is 6.54 Å². The van der Waals surface area contributed by atoms with Crippen molar-refractivity contribution in [2.24, 2.45) is 5.10 Å². The highest BCUT2D eigenvalue weighted by molar-refractivity contribution is 6.36. The first-order valence-electron chi connectivity index (χ1n) is 9.01. The molecule has 1 aromatic carbocycles. The van der Waals surface area contributed by atoms with Gasteiger partial charge < -0.3 is 9.88 Å². The number of aryl methyl sites for hydroxylation is 1. The summed E-state index contributed by atoms with van der Waals surface area (Å²) in [6.07, 6.45) is 4.72. The molecule has 30 heavy (non-hydrogen) atoms. The zero-order chi connectivity index (χ0) is 21.7. The van der Waals surface area contributed by atoms with Gasteiger partial charge in [0.05, 0.1) is 16.9 Å². The molecule has 0 atom stereocenters. The van der Waals surface area contributed by atoms with E-state index in [1.54, 1.807) is 36.7 Å². The number of hydrazone groups is 1. The van der Waals surface area contributed by atoms with Crippen LogP contribution in [0, 0.1) is 13.8 Å². The number of halogens is 2. The second kappa shape index (κ2) is 9.56. The van der Waals surface area contributed by atoms with Crippen LogP contribution in [0.5, 0.6) is 0 Å². The molecule has 0 saturated heterocycles. The third-order valence-corrected chi connectivity index (χ3v) is 4.91. The van der Waals surface area contributed by atoms with Crippen molar-refractivity contribution < 1.29 is 9.59 Å². The fourth-order valence-electron chi connectivity index (χ4n) is 2.93. The van der Waals surface area contributed by atoms with Crippen LogP contribution in [0.25, 0.3) is 5.69 Å². The lowest BCUT2D eigenvalue weighted by Crippen LogP contribution is -2.37. The van der Waals surface area contributed by atoms with E-state index in [0.29, 0.717) is 10.0 Å². The van der Waals surface area contributed by atoms with Crippen molar-refractivity contribution >= 4 is 41.2 Å². The summed E-state index contributed by atoms with van der Waals surface area (Å²) in [5, 5.41) is 7.48. The topological polar surface area (TPSA) is 88.4 Å². The molecule has 0 aliphatic heterocycles. The van der Waals surface area contributed by atoms with E-state index in [1.165, 1.54) is 6.21 Å². The molecule has 9 heteroatoms. The summed E-state index contributed by atoms with van der Waals surface area (Å²) in [4.78, 5) is 27.8. The number of carbonyl (C=O) groups excluding carboxylic acids is 2. The number of amides is 2. The maximum absolute atomic E-state index is 11.9. The first kappa shape index (κ1) is 21.5. The fourth-order valence-corrected chi connectivity index (χ4v) is 3.42. The van der Waals surface area contributed by atoms with Gasteiger partial charge >= 0.3 is 11.8 Å². The highest BCUT2D eigenvalue weighted by atomic mass is 35.5. The summed E-state index contributed by atoms with van der Waals surface area (Å²) in [5.74, 6) is -1.64. The Kier molecular flexibility index (Phi) is 6.87. The van der Waals surface area contributed by atoms with Crippen LogP contribution in [0.4, 0.5) is 0 Å². The van der Waals surface area contributed by atoms with E-state index in [1.807, 2.05) is 30.5 Å². The average molecular weight is 444 g/mol. The molecule has 2 heterocycles. The second-order valence-corrected chi connectivity index (χ2v) is 7.34. The van der Waals surface area contributed by atoms with Crippen LogP contribution < -0.4 is 10.7 Å². The number of hydrogen-bond acceptors (Lipinski definition) is 4. The molecule has 0 fully saturated rings. The predicted octanol–water partition coefficient (Wildman–Crippen LogP) is 3.56.